The first kappa shape index (κ1) is 21.4. The molecule has 1 saturated carbocycles. The number of ether oxygens (including phenoxy) is 2. The summed E-state index contributed by atoms with van der Waals surface area (Å²) < 4.78 is 10.5. The molecule has 1 heterocycles. The van der Waals surface area contributed by atoms with Crippen molar-refractivity contribution in [2.75, 3.05) is 20.8 Å². The Labute approximate surface area is 184 Å². The SMILES string of the molecule is COc1ccc(/C=C/C(=O)N2CC[C@@]3(O)CCCC[C@H]3[C@@H]2c2ccc(OC)cc2)cc1. The fraction of sp³-hybridized carbons (Fsp3) is 0.423. The van der Waals surface area contributed by atoms with Crippen LogP contribution in [0.5, 0.6) is 11.5 Å². The summed E-state index contributed by atoms with van der Waals surface area (Å²) >= 11 is 0. The van der Waals surface area contributed by atoms with Crippen molar-refractivity contribution in [1.82, 2.24) is 4.90 Å². The summed E-state index contributed by atoms with van der Waals surface area (Å²) in [6.07, 6.45) is 8.00. The number of amides is 1. The van der Waals surface area contributed by atoms with Gasteiger partial charge in [0.1, 0.15) is 11.5 Å². The number of benzene rings is 2. The first-order chi connectivity index (χ1) is 15.0. The Kier molecular flexibility index (Phi) is 6.33. The average molecular weight is 422 g/mol. The highest BCUT2D eigenvalue weighted by Gasteiger charge is 2.49. The molecule has 164 valence electrons. The van der Waals surface area contributed by atoms with Crippen LogP contribution in [0.2, 0.25) is 0 Å². The van der Waals surface area contributed by atoms with Crippen LogP contribution in [0.4, 0.5) is 0 Å². The van der Waals surface area contributed by atoms with E-state index in [0.717, 1.165) is 48.3 Å². The number of likely N-dealkylation sites (tertiary alicyclic amines) is 1. The van der Waals surface area contributed by atoms with E-state index >= 15 is 0 Å². The van der Waals surface area contributed by atoms with Crippen LogP contribution in [-0.2, 0) is 4.79 Å². The zero-order valence-corrected chi connectivity index (χ0v) is 18.3. The Balaban J connectivity index is 1.61. The molecule has 0 bridgehead atoms. The smallest absolute Gasteiger partial charge is 0.247 e. The van der Waals surface area contributed by atoms with Crippen LogP contribution in [0.15, 0.2) is 54.6 Å². The highest BCUT2D eigenvalue weighted by atomic mass is 16.5. The van der Waals surface area contributed by atoms with E-state index in [1.165, 1.54) is 0 Å². The highest BCUT2D eigenvalue weighted by molar-refractivity contribution is 5.92. The Morgan fingerprint density at radius 1 is 1.00 bits per heavy atom. The van der Waals surface area contributed by atoms with Gasteiger partial charge in [0, 0.05) is 18.5 Å². The number of hydrogen-bond acceptors (Lipinski definition) is 4. The first-order valence-corrected chi connectivity index (χ1v) is 11.0. The van der Waals surface area contributed by atoms with E-state index in [4.69, 9.17) is 9.47 Å². The third kappa shape index (κ3) is 4.47. The number of rotatable bonds is 5. The van der Waals surface area contributed by atoms with Gasteiger partial charge in [-0.15, -0.1) is 0 Å². The quantitative estimate of drug-likeness (QED) is 0.716. The number of nitrogens with zero attached hydrogens (tertiary/aromatic N) is 1. The lowest BCUT2D eigenvalue weighted by Gasteiger charge is -2.52. The van der Waals surface area contributed by atoms with Gasteiger partial charge in [-0.25, -0.2) is 0 Å². The lowest BCUT2D eigenvalue weighted by atomic mass is 9.66. The molecule has 5 nitrogen and oxygen atoms in total. The van der Waals surface area contributed by atoms with Crippen LogP contribution in [0.3, 0.4) is 0 Å². The van der Waals surface area contributed by atoms with Gasteiger partial charge in [-0.2, -0.15) is 0 Å². The van der Waals surface area contributed by atoms with Crippen LogP contribution in [0, 0.1) is 5.92 Å². The molecular weight excluding hydrogens is 390 g/mol. The zero-order valence-electron chi connectivity index (χ0n) is 18.3. The third-order valence-electron chi connectivity index (χ3n) is 6.84. The maximum atomic E-state index is 13.3. The van der Waals surface area contributed by atoms with Crippen LogP contribution in [-0.4, -0.2) is 42.3 Å². The standard InChI is InChI=1S/C26H31NO4/c1-30-21-11-6-19(7-12-21)8-15-24(28)27-18-17-26(29)16-4-3-5-23(26)25(27)20-9-13-22(31-2)14-10-20/h6-15,23,25,29H,3-5,16-18H2,1-2H3/b15-8+/t23-,25-,26-/m0/s1. The molecule has 5 heteroatoms. The number of methoxy groups -OCH3 is 2. The summed E-state index contributed by atoms with van der Waals surface area (Å²) in [5.41, 5.74) is 1.30. The van der Waals surface area contributed by atoms with Gasteiger partial charge in [0.15, 0.2) is 0 Å². The lowest BCUT2D eigenvalue weighted by Crippen LogP contribution is -2.56. The molecule has 2 fully saturated rings. The van der Waals surface area contributed by atoms with Crippen molar-refractivity contribution in [3.63, 3.8) is 0 Å². The van der Waals surface area contributed by atoms with Gasteiger partial charge in [-0.3, -0.25) is 4.79 Å². The number of carbonyl (C=O) groups is 1. The van der Waals surface area contributed by atoms with Gasteiger partial charge >= 0.3 is 0 Å². The lowest BCUT2D eigenvalue weighted by molar-refractivity contribution is -0.150. The Bertz CT molecular complexity index is 921. The fourth-order valence-electron chi connectivity index (χ4n) is 5.12. The van der Waals surface area contributed by atoms with Gasteiger partial charge in [0.25, 0.3) is 0 Å². The van der Waals surface area contributed by atoms with Gasteiger partial charge in [0.05, 0.1) is 25.9 Å². The number of carbonyl (C=O) groups excluding carboxylic acids is 1. The van der Waals surface area contributed by atoms with Crippen LogP contribution in [0.25, 0.3) is 6.08 Å². The molecule has 1 amide bonds. The van der Waals surface area contributed by atoms with E-state index in [2.05, 4.69) is 0 Å². The zero-order chi connectivity index (χ0) is 21.8. The number of fused-ring (bicyclic) bond motifs is 1. The molecule has 1 aliphatic carbocycles. The van der Waals surface area contributed by atoms with Crippen molar-refractivity contribution >= 4 is 12.0 Å². The molecule has 0 unspecified atom stereocenters. The van der Waals surface area contributed by atoms with Crippen LogP contribution >= 0.6 is 0 Å². The predicted octanol–water partition coefficient (Wildman–Crippen LogP) is 4.61. The van der Waals surface area contributed by atoms with E-state index < -0.39 is 5.60 Å². The Hall–Kier alpha value is -2.79. The van der Waals surface area contributed by atoms with E-state index in [9.17, 15) is 9.90 Å². The molecule has 1 N–H and O–H groups in total. The van der Waals surface area contributed by atoms with E-state index in [1.807, 2.05) is 59.5 Å². The van der Waals surface area contributed by atoms with Crippen molar-refractivity contribution < 1.29 is 19.4 Å². The second-order valence-corrected chi connectivity index (χ2v) is 8.56. The average Bonchev–Trinajstić information content (AvgIpc) is 2.82. The summed E-state index contributed by atoms with van der Waals surface area (Å²) in [7, 11) is 3.28. The summed E-state index contributed by atoms with van der Waals surface area (Å²) in [6.45, 7) is 0.551. The molecule has 2 aromatic carbocycles. The molecule has 2 aromatic rings. The van der Waals surface area contributed by atoms with Crippen molar-refractivity contribution in [2.45, 2.75) is 43.7 Å². The number of aliphatic hydroxyl groups is 1. The van der Waals surface area contributed by atoms with E-state index in [0.29, 0.717) is 13.0 Å². The third-order valence-corrected chi connectivity index (χ3v) is 6.84. The number of piperidine rings is 1. The summed E-state index contributed by atoms with van der Waals surface area (Å²) in [5, 5.41) is 11.4. The summed E-state index contributed by atoms with van der Waals surface area (Å²) in [5.74, 6) is 1.59. The molecule has 2 aliphatic rings. The van der Waals surface area contributed by atoms with Crippen molar-refractivity contribution in [3.8, 4) is 11.5 Å². The minimum absolute atomic E-state index is 0.0238. The monoisotopic (exact) mass is 421 g/mol. The molecular formula is C26H31NO4. The minimum Gasteiger partial charge on any atom is -0.497 e. The molecule has 0 aromatic heterocycles. The molecule has 3 atom stereocenters. The normalized spacial score (nSPS) is 25.8. The van der Waals surface area contributed by atoms with Crippen LogP contribution in [0.1, 0.15) is 49.3 Å². The van der Waals surface area contributed by atoms with Crippen molar-refractivity contribution in [3.05, 3.63) is 65.7 Å². The highest BCUT2D eigenvalue weighted by Crippen LogP contribution is 2.49. The maximum absolute atomic E-state index is 13.3. The van der Waals surface area contributed by atoms with E-state index in [-0.39, 0.29) is 17.9 Å². The molecule has 1 aliphatic heterocycles. The second-order valence-electron chi connectivity index (χ2n) is 8.56. The number of hydrogen-bond donors (Lipinski definition) is 1. The van der Waals surface area contributed by atoms with Crippen molar-refractivity contribution in [2.24, 2.45) is 5.92 Å². The molecule has 4 rings (SSSR count). The molecule has 1 saturated heterocycles. The summed E-state index contributed by atoms with van der Waals surface area (Å²) in [6, 6.07) is 15.4. The molecule has 0 radical (unpaired) electrons. The maximum Gasteiger partial charge on any atom is 0.247 e. The molecule has 31 heavy (non-hydrogen) atoms. The Morgan fingerprint density at radius 2 is 1.65 bits per heavy atom. The Morgan fingerprint density at radius 3 is 2.29 bits per heavy atom. The van der Waals surface area contributed by atoms with Crippen LogP contribution < -0.4 is 9.47 Å². The van der Waals surface area contributed by atoms with Gasteiger partial charge in [0.2, 0.25) is 5.91 Å². The topological polar surface area (TPSA) is 59.0 Å². The fourth-order valence-corrected chi connectivity index (χ4v) is 5.12. The summed E-state index contributed by atoms with van der Waals surface area (Å²) in [4.78, 5) is 15.2. The predicted molar refractivity (Wildman–Crippen MR) is 121 cm³/mol. The second kappa shape index (κ2) is 9.15. The molecule has 0 spiro atoms. The largest absolute Gasteiger partial charge is 0.497 e. The van der Waals surface area contributed by atoms with Gasteiger partial charge < -0.3 is 19.5 Å². The van der Waals surface area contributed by atoms with E-state index in [1.54, 1.807) is 20.3 Å². The van der Waals surface area contributed by atoms with Crippen molar-refractivity contribution in [1.29, 1.82) is 0 Å². The minimum atomic E-state index is -0.695. The van der Waals surface area contributed by atoms with Gasteiger partial charge in [-0.05, 0) is 60.7 Å². The van der Waals surface area contributed by atoms with Gasteiger partial charge in [-0.1, -0.05) is 37.1 Å². The first-order valence-electron chi connectivity index (χ1n) is 11.0.